The molecule has 0 amide bonds. The zero-order valence-corrected chi connectivity index (χ0v) is 14.9. The van der Waals surface area contributed by atoms with Crippen molar-refractivity contribution in [3.05, 3.63) is 24.3 Å². The van der Waals surface area contributed by atoms with Crippen LogP contribution in [0.4, 0.5) is 0 Å². The Balaban J connectivity index is 2.31. The number of unbranched alkanes of at least 4 members (excludes halogenated alkanes) is 2. The molecule has 0 bridgehead atoms. The fraction of sp³-hybridized carbons (Fsp3) is 0.750. The molecule has 0 aliphatic heterocycles. The third-order valence-corrected chi connectivity index (χ3v) is 4.92. The van der Waals surface area contributed by atoms with Crippen LogP contribution in [0, 0.1) is 11.8 Å². The first-order valence-electron chi connectivity index (χ1n) is 9.44. The third kappa shape index (κ3) is 8.65. The Kier molecular flexibility index (Phi) is 10.7. The summed E-state index contributed by atoms with van der Waals surface area (Å²) in [5, 5.41) is 28.8. The Morgan fingerprint density at radius 2 is 2.00 bits per heavy atom. The molecular formula is C20H34O4. The average Bonchev–Trinajstić information content (AvgIpc) is 2.89. The van der Waals surface area contributed by atoms with Gasteiger partial charge in [-0.3, -0.25) is 4.79 Å². The number of aliphatic hydroxyl groups excluding tert-OH is 2. The van der Waals surface area contributed by atoms with Gasteiger partial charge in [-0.05, 0) is 63.2 Å². The molecule has 4 atom stereocenters. The lowest BCUT2D eigenvalue weighted by molar-refractivity contribution is -0.137. The van der Waals surface area contributed by atoms with Gasteiger partial charge < -0.3 is 15.3 Å². The van der Waals surface area contributed by atoms with Crippen molar-refractivity contribution in [3.63, 3.8) is 0 Å². The van der Waals surface area contributed by atoms with Gasteiger partial charge in [-0.1, -0.05) is 37.6 Å². The number of carboxylic acids is 1. The fourth-order valence-corrected chi connectivity index (χ4v) is 3.48. The highest BCUT2D eigenvalue weighted by Crippen LogP contribution is 2.38. The van der Waals surface area contributed by atoms with Crippen molar-refractivity contribution in [2.75, 3.05) is 0 Å². The number of allylic oxidation sites excluding steroid dienone is 3. The normalized spacial score (nSPS) is 25.7. The number of rotatable bonds is 12. The summed E-state index contributed by atoms with van der Waals surface area (Å²) in [5.41, 5.74) is 0. The van der Waals surface area contributed by atoms with E-state index in [2.05, 4.69) is 13.0 Å². The Morgan fingerprint density at radius 3 is 2.71 bits per heavy atom. The Hall–Kier alpha value is -1.13. The standard InChI is InChI=1S/C20H34O4/c1-2-3-6-9-17(21)14-12-16-13-15-19(22)18(16)10-7-4-5-8-11-20(23)24/h4,6-7,9,16-19,21-22H,2-3,5,8,10-15H2,1H3,(H,23,24)/t16-,17?,18+,19-/m0/s1. The van der Waals surface area contributed by atoms with Gasteiger partial charge in [-0.2, -0.15) is 0 Å². The van der Waals surface area contributed by atoms with Crippen molar-refractivity contribution < 1.29 is 20.1 Å². The van der Waals surface area contributed by atoms with E-state index in [9.17, 15) is 15.0 Å². The highest BCUT2D eigenvalue weighted by atomic mass is 16.4. The highest BCUT2D eigenvalue weighted by Gasteiger charge is 2.33. The van der Waals surface area contributed by atoms with Crippen LogP contribution in [0.3, 0.4) is 0 Å². The molecule has 3 N–H and O–H groups in total. The predicted molar refractivity (Wildman–Crippen MR) is 96.8 cm³/mol. The average molecular weight is 338 g/mol. The van der Waals surface area contributed by atoms with Gasteiger partial charge in [0.15, 0.2) is 0 Å². The van der Waals surface area contributed by atoms with Crippen LogP contribution < -0.4 is 0 Å². The van der Waals surface area contributed by atoms with Gasteiger partial charge >= 0.3 is 5.97 Å². The van der Waals surface area contributed by atoms with Crippen molar-refractivity contribution in [2.45, 2.75) is 83.3 Å². The van der Waals surface area contributed by atoms with Gasteiger partial charge in [-0.15, -0.1) is 0 Å². The highest BCUT2D eigenvalue weighted by molar-refractivity contribution is 5.66. The molecule has 1 aliphatic rings. The minimum Gasteiger partial charge on any atom is -0.481 e. The second-order valence-corrected chi connectivity index (χ2v) is 6.92. The second-order valence-electron chi connectivity index (χ2n) is 6.92. The molecule has 1 saturated carbocycles. The fourth-order valence-electron chi connectivity index (χ4n) is 3.48. The molecule has 4 nitrogen and oxygen atoms in total. The Labute approximate surface area is 146 Å². The van der Waals surface area contributed by atoms with Crippen molar-refractivity contribution in [2.24, 2.45) is 11.8 Å². The lowest BCUT2D eigenvalue weighted by Crippen LogP contribution is -2.19. The predicted octanol–water partition coefficient (Wildman–Crippen LogP) is 4.07. The third-order valence-electron chi connectivity index (χ3n) is 4.92. The van der Waals surface area contributed by atoms with Crippen molar-refractivity contribution >= 4 is 5.97 Å². The van der Waals surface area contributed by atoms with E-state index in [4.69, 9.17) is 5.11 Å². The zero-order valence-electron chi connectivity index (χ0n) is 14.9. The van der Waals surface area contributed by atoms with Gasteiger partial charge in [0, 0.05) is 6.42 Å². The molecule has 24 heavy (non-hydrogen) atoms. The lowest BCUT2D eigenvalue weighted by atomic mass is 9.87. The van der Waals surface area contributed by atoms with E-state index in [0.29, 0.717) is 12.3 Å². The van der Waals surface area contributed by atoms with Gasteiger partial charge in [0.05, 0.1) is 12.2 Å². The summed E-state index contributed by atoms with van der Waals surface area (Å²) >= 11 is 0. The van der Waals surface area contributed by atoms with Crippen LogP contribution in [-0.4, -0.2) is 33.5 Å². The van der Waals surface area contributed by atoms with Crippen LogP contribution in [0.2, 0.25) is 0 Å². The topological polar surface area (TPSA) is 77.8 Å². The molecular weight excluding hydrogens is 304 g/mol. The van der Waals surface area contributed by atoms with E-state index >= 15 is 0 Å². The monoisotopic (exact) mass is 338 g/mol. The largest absolute Gasteiger partial charge is 0.481 e. The molecule has 1 unspecified atom stereocenters. The molecule has 0 saturated heterocycles. The minimum atomic E-state index is -0.749. The summed E-state index contributed by atoms with van der Waals surface area (Å²) < 4.78 is 0. The lowest BCUT2D eigenvalue weighted by Gasteiger charge is -2.21. The number of aliphatic hydroxyl groups is 2. The van der Waals surface area contributed by atoms with Crippen LogP contribution in [-0.2, 0) is 4.79 Å². The molecule has 0 radical (unpaired) electrons. The Bertz CT molecular complexity index is 402. The summed E-state index contributed by atoms with van der Waals surface area (Å²) in [6, 6.07) is 0. The molecule has 1 aliphatic carbocycles. The van der Waals surface area contributed by atoms with Crippen molar-refractivity contribution in [1.82, 2.24) is 0 Å². The van der Waals surface area contributed by atoms with Crippen LogP contribution in [0.25, 0.3) is 0 Å². The number of carbonyl (C=O) groups is 1. The van der Waals surface area contributed by atoms with Crippen LogP contribution in [0.5, 0.6) is 0 Å². The molecule has 0 aromatic rings. The molecule has 0 aromatic carbocycles. The number of aliphatic carboxylic acids is 1. The summed E-state index contributed by atoms with van der Waals surface area (Å²) in [6.07, 6.45) is 15.6. The molecule has 4 heteroatoms. The number of carboxylic acid groups (broad SMARTS) is 1. The van der Waals surface area contributed by atoms with Crippen LogP contribution in [0.15, 0.2) is 24.3 Å². The first kappa shape index (κ1) is 20.9. The molecule has 0 heterocycles. The number of hydrogen-bond donors (Lipinski definition) is 3. The molecule has 138 valence electrons. The molecule has 0 spiro atoms. The quantitative estimate of drug-likeness (QED) is 0.370. The maximum Gasteiger partial charge on any atom is 0.303 e. The van der Waals surface area contributed by atoms with E-state index < -0.39 is 5.97 Å². The van der Waals surface area contributed by atoms with Gasteiger partial charge in [-0.25, -0.2) is 0 Å². The SMILES string of the molecule is CCCC=CC(O)CC[C@H]1CC[C@H](O)[C@@H]1CC=CCCCC(=O)O. The second kappa shape index (κ2) is 12.3. The van der Waals surface area contributed by atoms with E-state index in [-0.39, 0.29) is 24.5 Å². The summed E-state index contributed by atoms with van der Waals surface area (Å²) in [6.45, 7) is 2.12. The van der Waals surface area contributed by atoms with Gasteiger partial charge in [0.2, 0.25) is 0 Å². The minimum absolute atomic E-state index is 0.211. The summed E-state index contributed by atoms with van der Waals surface area (Å²) in [5.74, 6) is -0.00772. The summed E-state index contributed by atoms with van der Waals surface area (Å²) in [4.78, 5) is 10.5. The molecule has 1 fully saturated rings. The smallest absolute Gasteiger partial charge is 0.303 e. The van der Waals surface area contributed by atoms with E-state index in [1.807, 2.05) is 18.2 Å². The maximum absolute atomic E-state index is 10.5. The van der Waals surface area contributed by atoms with Crippen molar-refractivity contribution in [3.8, 4) is 0 Å². The van der Waals surface area contributed by atoms with E-state index in [1.165, 1.54) is 0 Å². The van der Waals surface area contributed by atoms with E-state index in [0.717, 1.165) is 51.4 Å². The van der Waals surface area contributed by atoms with Gasteiger partial charge in [0.1, 0.15) is 0 Å². The summed E-state index contributed by atoms with van der Waals surface area (Å²) in [7, 11) is 0. The van der Waals surface area contributed by atoms with Crippen LogP contribution >= 0.6 is 0 Å². The van der Waals surface area contributed by atoms with E-state index in [1.54, 1.807) is 0 Å². The van der Waals surface area contributed by atoms with Crippen molar-refractivity contribution in [1.29, 1.82) is 0 Å². The molecule has 1 rings (SSSR count). The number of hydrogen-bond acceptors (Lipinski definition) is 3. The first-order chi connectivity index (χ1) is 11.5. The Morgan fingerprint density at radius 1 is 1.21 bits per heavy atom. The van der Waals surface area contributed by atoms with Gasteiger partial charge in [0.25, 0.3) is 0 Å². The first-order valence-corrected chi connectivity index (χ1v) is 9.44. The maximum atomic E-state index is 10.5. The molecule has 0 aromatic heterocycles. The van der Waals surface area contributed by atoms with Crippen LogP contribution in [0.1, 0.15) is 71.1 Å². The zero-order chi connectivity index (χ0) is 17.8.